The minimum absolute atomic E-state index is 0.224. The first-order valence-electron chi connectivity index (χ1n) is 10.5. The van der Waals surface area contributed by atoms with Crippen LogP contribution in [0.4, 0.5) is 0 Å². The van der Waals surface area contributed by atoms with Gasteiger partial charge in [0.2, 0.25) is 0 Å². The SMILES string of the molecule is CCCc1c(C)c2c(O[C@@H](C)C(=O)OCC)cc(O[C@H](C)C(=O)OCC)cc2oc1=O. The normalized spacial score (nSPS) is 12.8. The molecule has 0 aliphatic rings. The largest absolute Gasteiger partial charge is 0.479 e. The molecule has 8 heteroatoms. The third-order valence-corrected chi connectivity index (χ3v) is 4.67. The highest BCUT2D eigenvalue weighted by atomic mass is 16.6. The lowest BCUT2D eigenvalue weighted by molar-refractivity contribution is -0.151. The summed E-state index contributed by atoms with van der Waals surface area (Å²) in [6.07, 6.45) is -0.471. The van der Waals surface area contributed by atoms with Crippen molar-refractivity contribution in [3.05, 3.63) is 33.7 Å². The smallest absolute Gasteiger partial charge is 0.347 e. The van der Waals surface area contributed by atoms with Gasteiger partial charge in [0.25, 0.3) is 0 Å². The Bertz CT molecular complexity index is 991. The van der Waals surface area contributed by atoms with E-state index in [-0.39, 0.29) is 24.5 Å². The topological polar surface area (TPSA) is 101 Å². The van der Waals surface area contributed by atoms with E-state index >= 15 is 0 Å². The van der Waals surface area contributed by atoms with Crippen molar-refractivity contribution in [1.82, 2.24) is 0 Å². The van der Waals surface area contributed by atoms with E-state index in [0.717, 1.165) is 6.42 Å². The summed E-state index contributed by atoms with van der Waals surface area (Å²) in [5, 5.41) is 0.565. The second-order valence-corrected chi connectivity index (χ2v) is 7.06. The van der Waals surface area contributed by atoms with Gasteiger partial charge in [0.05, 0.1) is 18.6 Å². The second kappa shape index (κ2) is 10.8. The van der Waals surface area contributed by atoms with Gasteiger partial charge in [0, 0.05) is 17.7 Å². The van der Waals surface area contributed by atoms with E-state index in [9.17, 15) is 14.4 Å². The van der Waals surface area contributed by atoms with Crippen molar-refractivity contribution in [2.75, 3.05) is 13.2 Å². The summed E-state index contributed by atoms with van der Waals surface area (Å²) in [7, 11) is 0. The molecule has 0 fully saturated rings. The van der Waals surface area contributed by atoms with Crippen LogP contribution in [0.5, 0.6) is 11.5 Å². The van der Waals surface area contributed by atoms with Crippen LogP contribution in [0, 0.1) is 6.92 Å². The fraction of sp³-hybridized carbons (Fsp3) is 0.522. The Balaban J connectivity index is 2.58. The monoisotopic (exact) mass is 434 g/mol. The molecule has 8 nitrogen and oxygen atoms in total. The Labute approximate surface area is 181 Å². The molecule has 1 aromatic heterocycles. The van der Waals surface area contributed by atoms with Gasteiger partial charge in [-0.3, -0.25) is 0 Å². The third kappa shape index (κ3) is 5.77. The van der Waals surface area contributed by atoms with E-state index in [0.29, 0.717) is 28.7 Å². The van der Waals surface area contributed by atoms with Gasteiger partial charge in [0.1, 0.15) is 17.1 Å². The summed E-state index contributed by atoms with van der Waals surface area (Å²) in [4.78, 5) is 36.6. The second-order valence-electron chi connectivity index (χ2n) is 7.06. The van der Waals surface area contributed by atoms with Crippen LogP contribution < -0.4 is 15.1 Å². The number of fused-ring (bicyclic) bond motifs is 1. The Morgan fingerprint density at radius 1 is 0.968 bits per heavy atom. The van der Waals surface area contributed by atoms with Crippen molar-refractivity contribution in [2.24, 2.45) is 0 Å². The number of aryl methyl sites for hydroxylation is 1. The van der Waals surface area contributed by atoms with Gasteiger partial charge in [0.15, 0.2) is 12.2 Å². The number of ether oxygens (including phenoxy) is 4. The van der Waals surface area contributed by atoms with Crippen molar-refractivity contribution >= 4 is 22.9 Å². The number of benzene rings is 1. The maximum absolute atomic E-state index is 12.5. The molecule has 0 N–H and O–H groups in total. The lowest BCUT2D eigenvalue weighted by Crippen LogP contribution is -2.27. The van der Waals surface area contributed by atoms with Gasteiger partial charge >= 0.3 is 17.6 Å². The van der Waals surface area contributed by atoms with E-state index in [1.807, 2.05) is 13.8 Å². The fourth-order valence-electron chi connectivity index (χ4n) is 3.19. The van der Waals surface area contributed by atoms with Crippen LogP contribution in [0.2, 0.25) is 0 Å². The summed E-state index contributed by atoms with van der Waals surface area (Å²) in [6, 6.07) is 3.09. The van der Waals surface area contributed by atoms with Crippen molar-refractivity contribution in [3.63, 3.8) is 0 Å². The van der Waals surface area contributed by atoms with E-state index in [1.54, 1.807) is 33.8 Å². The van der Waals surface area contributed by atoms with Crippen LogP contribution in [0.15, 0.2) is 21.3 Å². The first-order chi connectivity index (χ1) is 14.7. The molecule has 0 radical (unpaired) electrons. The molecule has 2 rings (SSSR count). The van der Waals surface area contributed by atoms with Crippen molar-refractivity contribution in [1.29, 1.82) is 0 Å². The van der Waals surface area contributed by atoms with E-state index in [4.69, 9.17) is 23.4 Å². The minimum Gasteiger partial charge on any atom is -0.479 e. The molecular weight excluding hydrogens is 404 g/mol. The molecule has 2 aromatic rings. The lowest BCUT2D eigenvalue weighted by Gasteiger charge is -2.19. The van der Waals surface area contributed by atoms with Gasteiger partial charge in [-0.2, -0.15) is 0 Å². The van der Waals surface area contributed by atoms with Crippen molar-refractivity contribution in [3.8, 4) is 11.5 Å². The fourth-order valence-corrected chi connectivity index (χ4v) is 3.19. The maximum atomic E-state index is 12.5. The van der Waals surface area contributed by atoms with Crippen LogP contribution in [-0.2, 0) is 25.5 Å². The first kappa shape index (κ1) is 24.2. The molecule has 0 saturated heterocycles. The van der Waals surface area contributed by atoms with Crippen LogP contribution >= 0.6 is 0 Å². The van der Waals surface area contributed by atoms with Crippen LogP contribution in [0.25, 0.3) is 11.0 Å². The molecule has 0 unspecified atom stereocenters. The van der Waals surface area contributed by atoms with E-state index in [1.165, 1.54) is 6.07 Å². The Morgan fingerprint density at radius 2 is 1.55 bits per heavy atom. The average molecular weight is 434 g/mol. The lowest BCUT2D eigenvalue weighted by atomic mass is 10.0. The molecule has 2 atom stereocenters. The van der Waals surface area contributed by atoms with Crippen molar-refractivity contribution < 1.29 is 33.0 Å². The van der Waals surface area contributed by atoms with Gasteiger partial charge in [-0.1, -0.05) is 13.3 Å². The molecule has 0 saturated carbocycles. The molecule has 1 aromatic carbocycles. The Morgan fingerprint density at radius 3 is 2.10 bits per heavy atom. The van der Waals surface area contributed by atoms with Crippen LogP contribution in [0.1, 0.15) is 52.2 Å². The van der Waals surface area contributed by atoms with Crippen LogP contribution in [0.3, 0.4) is 0 Å². The molecule has 0 bridgehead atoms. The van der Waals surface area contributed by atoms with Gasteiger partial charge in [-0.15, -0.1) is 0 Å². The molecule has 0 aliphatic heterocycles. The molecule has 1 heterocycles. The molecule has 170 valence electrons. The molecule has 0 spiro atoms. The summed E-state index contributed by atoms with van der Waals surface area (Å²) < 4.78 is 27.1. The predicted octanol–water partition coefficient (Wildman–Crippen LogP) is 3.71. The number of carbonyl (C=O) groups is 2. The van der Waals surface area contributed by atoms with Gasteiger partial charge < -0.3 is 23.4 Å². The zero-order chi connectivity index (χ0) is 23.1. The van der Waals surface area contributed by atoms with Crippen LogP contribution in [-0.4, -0.2) is 37.4 Å². The van der Waals surface area contributed by atoms with Crippen molar-refractivity contribution in [2.45, 2.75) is 66.6 Å². The minimum atomic E-state index is -0.901. The van der Waals surface area contributed by atoms with E-state index < -0.39 is 29.8 Å². The molecule has 0 amide bonds. The predicted molar refractivity (Wildman–Crippen MR) is 115 cm³/mol. The summed E-state index contributed by atoms with van der Waals surface area (Å²) in [5.74, 6) is -0.515. The zero-order valence-electron chi connectivity index (χ0n) is 18.9. The van der Waals surface area contributed by atoms with Gasteiger partial charge in [-0.05, 0) is 46.6 Å². The van der Waals surface area contributed by atoms with Gasteiger partial charge in [-0.25, -0.2) is 14.4 Å². The summed E-state index contributed by atoms with van der Waals surface area (Å²) in [6.45, 7) is 10.8. The number of hydrogen-bond donors (Lipinski definition) is 0. The number of hydrogen-bond acceptors (Lipinski definition) is 8. The highest BCUT2D eigenvalue weighted by Gasteiger charge is 2.23. The standard InChI is InChI=1S/C23H30O8/c1-7-10-17-13(4)20-18(30-15(6)22(25)28-9-3)11-16(12-19(20)31-23(17)26)29-14(5)21(24)27-8-2/h11-12,14-15H,7-10H2,1-6H3/t14-,15+/m1/s1. The highest BCUT2D eigenvalue weighted by Crippen LogP contribution is 2.35. The quantitative estimate of drug-likeness (QED) is 0.412. The molecular formula is C23H30O8. The number of rotatable bonds is 10. The Kier molecular flexibility index (Phi) is 8.47. The summed E-state index contributed by atoms with van der Waals surface area (Å²) in [5.41, 5.74) is 1.06. The summed E-state index contributed by atoms with van der Waals surface area (Å²) >= 11 is 0. The number of esters is 2. The highest BCUT2D eigenvalue weighted by molar-refractivity contribution is 5.89. The third-order valence-electron chi connectivity index (χ3n) is 4.67. The molecule has 0 aliphatic carbocycles. The Hall–Kier alpha value is -3.03. The first-order valence-corrected chi connectivity index (χ1v) is 10.5. The number of carbonyl (C=O) groups excluding carboxylic acids is 2. The maximum Gasteiger partial charge on any atom is 0.347 e. The molecule has 31 heavy (non-hydrogen) atoms. The zero-order valence-corrected chi connectivity index (χ0v) is 18.9. The average Bonchev–Trinajstić information content (AvgIpc) is 2.70. The van der Waals surface area contributed by atoms with E-state index in [2.05, 4.69) is 0 Å².